The van der Waals surface area contributed by atoms with E-state index in [4.69, 9.17) is 4.74 Å². The van der Waals surface area contributed by atoms with Gasteiger partial charge in [-0.1, -0.05) is 38.9 Å². The summed E-state index contributed by atoms with van der Waals surface area (Å²) in [6, 6.07) is 0. The van der Waals surface area contributed by atoms with E-state index in [1.54, 1.807) is 0 Å². The highest BCUT2D eigenvalue weighted by Crippen LogP contribution is 2.25. The van der Waals surface area contributed by atoms with Gasteiger partial charge in [0.15, 0.2) is 0 Å². The van der Waals surface area contributed by atoms with Crippen molar-refractivity contribution in [3.63, 3.8) is 0 Å². The van der Waals surface area contributed by atoms with Crippen molar-refractivity contribution in [2.75, 3.05) is 7.11 Å². The molecule has 1 aliphatic carbocycles. The monoisotopic (exact) mass is 252 g/mol. The molecule has 96 valence electrons. The van der Waals surface area contributed by atoms with Gasteiger partial charge in [0.2, 0.25) is 0 Å². The van der Waals surface area contributed by atoms with Crippen molar-refractivity contribution in [3.05, 3.63) is 17.0 Å². The molecule has 0 heterocycles. The number of rotatable bonds is 3. The fraction of sp³-hybridized carbons (Fsp3) is 0.714. The lowest BCUT2D eigenvalue weighted by molar-refractivity contribution is -0.135. The predicted molar refractivity (Wildman–Crippen MR) is 73.5 cm³/mol. The van der Waals surface area contributed by atoms with Gasteiger partial charge in [-0.15, -0.1) is 5.73 Å². The molecule has 0 aliphatic heterocycles. The van der Waals surface area contributed by atoms with Crippen molar-refractivity contribution in [2.45, 2.75) is 51.7 Å². The number of ether oxygens (including phenoxy) is 1. The Morgan fingerprint density at radius 1 is 1.24 bits per heavy atom. The molecule has 0 bridgehead atoms. The SMILES string of the molecule is COC(=O)C(=C=CC1CCCCC1)[Si](C)(C)C. The summed E-state index contributed by atoms with van der Waals surface area (Å²) in [4.78, 5) is 11.7. The summed E-state index contributed by atoms with van der Waals surface area (Å²) in [5, 5.41) is 0.783. The van der Waals surface area contributed by atoms with Crippen molar-refractivity contribution >= 4 is 14.0 Å². The van der Waals surface area contributed by atoms with Crippen LogP contribution in [0.15, 0.2) is 17.0 Å². The number of methoxy groups -OCH3 is 1. The van der Waals surface area contributed by atoms with Gasteiger partial charge in [0.05, 0.1) is 20.4 Å². The van der Waals surface area contributed by atoms with Crippen molar-refractivity contribution in [3.8, 4) is 0 Å². The molecular formula is C14H24O2Si. The summed E-state index contributed by atoms with van der Waals surface area (Å²) in [7, 11) is -0.206. The van der Waals surface area contributed by atoms with Gasteiger partial charge >= 0.3 is 5.97 Å². The second-order valence-electron chi connectivity index (χ2n) is 5.83. The lowest BCUT2D eigenvalue weighted by Gasteiger charge is -2.18. The van der Waals surface area contributed by atoms with Crippen molar-refractivity contribution < 1.29 is 9.53 Å². The van der Waals surface area contributed by atoms with E-state index in [2.05, 4.69) is 31.4 Å². The van der Waals surface area contributed by atoms with Gasteiger partial charge < -0.3 is 4.74 Å². The molecule has 17 heavy (non-hydrogen) atoms. The molecule has 0 radical (unpaired) electrons. The van der Waals surface area contributed by atoms with Gasteiger partial charge in [0.1, 0.15) is 0 Å². The number of hydrogen-bond donors (Lipinski definition) is 0. The Morgan fingerprint density at radius 2 is 1.82 bits per heavy atom. The van der Waals surface area contributed by atoms with E-state index in [9.17, 15) is 4.79 Å². The Labute approximate surface area is 106 Å². The van der Waals surface area contributed by atoms with E-state index in [0.717, 1.165) is 5.20 Å². The summed E-state index contributed by atoms with van der Waals surface area (Å²) in [6.45, 7) is 6.46. The van der Waals surface area contributed by atoms with E-state index in [-0.39, 0.29) is 5.97 Å². The van der Waals surface area contributed by atoms with Gasteiger partial charge in [-0.3, -0.25) is 0 Å². The average Bonchev–Trinajstić information content (AvgIpc) is 2.28. The number of carbonyl (C=O) groups is 1. The van der Waals surface area contributed by atoms with Crippen LogP contribution in [0.1, 0.15) is 32.1 Å². The molecule has 0 N–H and O–H groups in total. The van der Waals surface area contributed by atoms with E-state index >= 15 is 0 Å². The Balaban J connectivity index is 2.88. The standard InChI is InChI=1S/C14H24O2Si/c1-16-14(15)13(17(2,3)4)11-10-12-8-6-5-7-9-12/h10,12H,5-9H2,1-4H3. The zero-order valence-corrected chi connectivity index (χ0v) is 12.5. The highest BCUT2D eigenvalue weighted by molar-refractivity contribution is 6.86. The first-order chi connectivity index (χ1) is 7.95. The zero-order valence-electron chi connectivity index (χ0n) is 11.5. The van der Waals surface area contributed by atoms with Crippen LogP contribution in [0, 0.1) is 5.92 Å². The van der Waals surface area contributed by atoms with Crippen LogP contribution >= 0.6 is 0 Å². The molecule has 1 saturated carbocycles. The molecule has 3 heteroatoms. The third-order valence-corrected chi connectivity index (χ3v) is 5.10. The van der Waals surface area contributed by atoms with Gasteiger partial charge in [-0.2, -0.15) is 0 Å². The average molecular weight is 252 g/mol. The summed E-state index contributed by atoms with van der Waals surface area (Å²) >= 11 is 0. The number of carbonyl (C=O) groups excluding carboxylic acids is 1. The molecule has 1 rings (SSSR count). The summed E-state index contributed by atoms with van der Waals surface area (Å²) < 4.78 is 4.86. The van der Waals surface area contributed by atoms with E-state index in [1.807, 2.05) is 0 Å². The minimum absolute atomic E-state index is 0.198. The molecule has 1 fully saturated rings. The van der Waals surface area contributed by atoms with Gasteiger partial charge in [-0.25, -0.2) is 4.79 Å². The van der Waals surface area contributed by atoms with Crippen molar-refractivity contribution in [2.24, 2.45) is 5.92 Å². The molecule has 0 atom stereocenters. The van der Waals surface area contributed by atoms with E-state index in [1.165, 1.54) is 39.2 Å². The number of hydrogen-bond acceptors (Lipinski definition) is 2. The third-order valence-electron chi connectivity index (χ3n) is 3.25. The maximum Gasteiger partial charge on any atom is 0.337 e. The van der Waals surface area contributed by atoms with Crippen LogP contribution in [0.25, 0.3) is 0 Å². The van der Waals surface area contributed by atoms with Gasteiger partial charge in [0.25, 0.3) is 0 Å². The summed E-state index contributed by atoms with van der Waals surface area (Å²) in [5.74, 6) is 0.413. The van der Waals surface area contributed by atoms with Crippen molar-refractivity contribution in [1.82, 2.24) is 0 Å². The Kier molecular flexibility index (Phi) is 5.22. The highest BCUT2D eigenvalue weighted by Gasteiger charge is 2.26. The molecule has 1 aliphatic rings. The normalized spacial score (nSPS) is 17.2. The first-order valence-corrected chi connectivity index (χ1v) is 10.0. The maximum absolute atomic E-state index is 11.7. The van der Waals surface area contributed by atoms with Crippen molar-refractivity contribution in [1.29, 1.82) is 0 Å². The molecule has 0 spiro atoms. The lowest BCUT2D eigenvalue weighted by atomic mass is 9.89. The first-order valence-electron chi connectivity index (χ1n) is 6.51. The molecule has 0 unspecified atom stereocenters. The molecular weight excluding hydrogens is 228 g/mol. The topological polar surface area (TPSA) is 26.3 Å². The lowest BCUT2D eigenvalue weighted by Crippen LogP contribution is -2.29. The van der Waals surface area contributed by atoms with Crippen LogP contribution < -0.4 is 0 Å². The molecule has 2 nitrogen and oxygen atoms in total. The minimum Gasteiger partial charge on any atom is -0.465 e. The molecule has 0 amide bonds. The van der Waals surface area contributed by atoms with Gasteiger partial charge in [-0.05, 0) is 24.8 Å². The second-order valence-corrected chi connectivity index (χ2v) is 10.8. The fourth-order valence-corrected chi connectivity index (χ4v) is 3.42. The maximum atomic E-state index is 11.7. The fourth-order valence-electron chi connectivity index (χ4n) is 2.19. The van der Waals surface area contributed by atoms with Gasteiger partial charge in [0, 0.05) is 0 Å². The van der Waals surface area contributed by atoms with Crippen LogP contribution in [0.5, 0.6) is 0 Å². The second kappa shape index (κ2) is 6.22. The summed E-state index contributed by atoms with van der Waals surface area (Å²) in [6.07, 6.45) is 8.57. The van der Waals surface area contributed by atoms with Crippen LogP contribution in [0.3, 0.4) is 0 Å². The highest BCUT2D eigenvalue weighted by atomic mass is 28.3. The molecule has 0 aromatic heterocycles. The van der Waals surface area contributed by atoms with Crippen LogP contribution in [0.2, 0.25) is 19.6 Å². The molecule has 0 saturated heterocycles. The van der Waals surface area contributed by atoms with Crippen LogP contribution in [0.4, 0.5) is 0 Å². The Hall–Kier alpha value is -0.793. The quantitative estimate of drug-likeness (QED) is 0.331. The minimum atomic E-state index is -1.66. The zero-order chi connectivity index (χ0) is 12.9. The smallest absolute Gasteiger partial charge is 0.337 e. The Morgan fingerprint density at radius 3 is 2.29 bits per heavy atom. The van der Waals surface area contributed by atoms with Crippen LogP contribution in [-0.2, 0) is 9.53 Å². The van der Waals surface area contributed by atoms with E-state index < -0.39 is 8.07 Å². The first kappa shape index (κ1) is 14.3. The predicted octanol–water partition coefficient (Wildman–Crippen LogP) is 3.70. The van der Waals surface area contributed by atoms with Crippen LogP contribution in [-0.4, -0.2) is 21.2 Å². The third kappa shape index (κ3) is 4.53. The van der Waals surface area contributed by atoms with E-state index in [0.29, 0.717) is 5.92 Å². The number of esters is 1. The summed E-state index contributed by atoms with van der Waals surface area (Å²) in [5.41, 5.74) is 3.26. The molecule has 0 aromatic rings. The Bertz CT molecular complexity index is 327. The molecule has 0 aromatic carbocycles. The largest absolute Gasteiger partial charge is 0.465 e.